The fraction of sp³-hybridized carbons (Fsp3) is 0.243. The van der Waals surface area contributed by atoms with Crippen LogP contribution in [0.25, 0.3) is 45.2 Å². The summed E-state index contributed by atoms with van der Waals surface area (Å²) in [5, 5.41) is 5.56. The molecular formula is C37H38N3+. The van der Waals surface area contributed by atoms with Crippen LogP contribution in [0.3, 0.4) is 0 Å². The summed E-state index contributed by atoms with van der Waals surface area (Å²) in [6, 6.07) is 35.0. The SMILES string of the molecule is C=C1c2ccccc2-c2n(nc(-c3ccccc3C)[n+]2-c2c(CCC)cccc2-c2ccccc2)C1(CC)CC. The largest absolute Gasteiger partial charge is 0.314 e. The maximum atomic E-state index is 5.56. The van der Waals surface area contributed by atoms with Gasteiger partial charge in [0.1, 0.15) is 11.2 Å². The van der Waals surface area contributed by atoms with Crippen LogP contribution in [0.1, 0.15) is 56.7 Å². The monoisotopic (exact) mass is 524 g/mol. The molecule has 0 amide bonds. The zero-order chi connectivity index (χ0) is 27.9. The zero-order valence-electron chi connectivity index (χ0n) is 24.1. The Bertz CT molecular complexity index is 1700. The summed E-state index contributed by atoms with van der Waals surface area (Å²) in [5.74, 6) is 2.11. The molecule has 0 atom stereocenters. The molecule has 0 spiro atoms. The lowest BCUT2D eigenvalue weighted by atomic mass is 9.77. The van der Waals surface area contributed by atoms with Crippen molar-refractivity contribution >= 4 is 5.57 Å². The van der Waals surface area contributed by atoms with E-state index >= 15 is 0 Å². The highest BCUT2D eigenvalue weighted by molar-refractivity contribution is 5.85. The van der Waals surface area contributed by atoms with Crippen molar-refractivity contribution in [3.8, 4) is 39.6 Å². The molecule has 1 aromatic heterocycles. The summed E-state index contributed by atoms with van der Waals surface area (Å²) >= 11 is 0. The molecule has 4 aromatic carbocycles. The summed E-state index contributed by atoms with van der Waals surface area (Å²) in [6.07, 6.45) is 3.89. The highest BCUT2D eigenvalue weighted by atomic mass is 15.4. The summed E-state index contributed by atoms with van der Waals surface area (Å²) in [5.41, 5.74) is 10.6. The van der Waals surface area contributed by atoms with Crippen LogP contribution in [0.5, 0.6) is 0 Å². The quantitative estimate of drug-likeness (QED) is 0.195. The number of aromatic nitrogens is 3. The Morgan fingerprint density at radius 1 is 0.725 bits per heavy atom. The smallest absolute Gasteiger partial charge is 0.189 e. The number of hydrogen-bond donors (Lipinski definition) is 0. The molecule has 0 radical (unpaired) electrons. The molecule has 1 aliphatic rings. The number of aryl methyl sites for hydroxylation is 2. The van der Waals surface area contributed by atoms with E-state index in [0.717, 1.165) is 48.5 Å². The number of fused-ring (bicyclic) bond motifs is 3. The third kappa shape index (κ3) is 3.87. The molecule has 0 fully saturated rings. The van der Waals surface area contributed by atoms with Gasteiger partial charge in [-0.05, 0) is 66.1 Å². The van der Waals surface area contributed by atoms with Gasteiger partial charge in [-0.15, -0.1) is 0 Å². The molecule has 40 heavy (non-hydrogen) atoms. The Labute approximate surface area is 238 Å². The van der Waals surface area contributed by atoms with E-state index in [1.807, 2.05) is 0 Å². The lowest BCUT2D eigenvalue weighted by Gasteiger charge is -2.34. The summed E-state index contributed by atoms with van der Waals surface area (Å²) in [6.45, 7) is 13.7. The van der Waals surface area contributed by atoms with Crippen molar-refractivity contribution in [1.82, 2.24) is 9.78 Å². The van der Waals surface area contributed by atoms with E-state index in [4.69, 9.17) is 11.7 Å². The van der Waals surface area contributed by atoms with Crippen LogP contribution in [0, 0.1) is 6.92 Å². The predicted molar refractivity (Wildman–Crippen MR) is 166 cm³/mol. The topological polar surface area (TPSA) is 21.7 Å². The van der Waals surface area contributed by atoms with Crippen molar-refractivity contribution in [1.29, 1.82) is 0 Å². The Hall–Kier alpha value is -4.24. The second-order valence-electron chi connectivity index (χ2n) is 10.9. The zero-order valence-corrected chi connectivity index (χ0v) is 24.1. The molecule has 3 heteroatoms. The van der Waals surface area contributed by atoms with Crippen molar-refractivity contribution in [2.45, 2.75) is 58.9 Å². The van der Waals surface area contributed by atoms with Gasteiger partial charge in [-0.1, -0.05) is 123 Å². The van der Waals surface area contributed by atoms with Crippen molar-refractivity contribution in [3.63, 3.8) is 0 Å². The maximum Gasteiger partial charge on any atom is 0.314 e. The molecule has 0 bridgehead atoms. The van der Waals surface area contributed by atoms with Gasteiger partial charge in [0.2, 0.25) is 0 Å². The summed E-state index contributed by atoms with van der Waals surface area (Å²) in [7, 11) is 0. The normalized spacial score (nSPS) is 13.7. The molecule has 200 valence electrons. The Morgan fingerprint density at radius 3 is 2.02 bits per heavy atom. The summed E-state index contributed by atoms with van der Waals surface area (Å²) < 4.78 is 4.79. The van der Waals surface area contributed by atoms with Gasteiger partial charge in [-0.3, -0.25) is 0 Å². The number of nitrogens with zero attached hydrogens (tertiary/aromatic N) is 3. The standard InChI is InChI=1S/C37H38N3/c1-6-17-29-21-16-25-32(28-19-10-9-11-20-28)34(29)39-35(30-22-13-12-18-26(30)4)38-40-36(39)33-24-15-14-23-31(33)27(5)37(40,7-2)8-3/h9-16,18-25H,5-8,17H2,1-4H3/q+1. The molecule has 3 nitrogen and oxygen atoms in total. The van der Waals surface area contributed by atoms with Crippen molar-refractivity contribution in [2.75, 3.05) is 0 Å². The lowest BCUT2D eigenvalue weighted by molar-refractivity contribution is -0.573. The van der Waals surface area contributed by atoms with Gasteiger partial charge in [-0.2, -0.15) is 4.57 Å². The first kappa shape index (κ1) is 26.0. The molecule has 0 saturated carbocycles. The molecule has 5 aromatic rings. The predicted octanol–water partition coefficient (Wildman–Crippen LogP) is 8.96. The van der Waals surface area contributed by atoms with E-state index in [9.17, 15) is 0 Å². The third-order valence-corrected chi connectivity index (χ3v) is 8.78. The first-order valence-corrected chi connectivity index (χ1v) is 14.6. The van der Waals surface area contributed by atoms with E-state index in [2.05, 4.69) is 134 Å². The molecule has 0 unspecified atom stereocenters. The van der Waals surface area contributed by atoms with Crippen molar-refractivity contribution in [2.24, 2.45) is 0 Å². The average Bonchev–Trinajstić information content (AvgIpc) is 3.39. The second-order valence-corrected chi connectivity index (χ2v) is 10.9. The highest BCUT2D eigenvalue weighted by Gasteiger charge is 2.49. The van der Waals surface area contributed by atoms with Crippen LogP contribution >= 0.6 is 0 Å². The Morgan fingerprint density at radius 2 is 1.35 bits per heavy atom. The minimum atomic E-state index is -0.307. The van der Waals surface area contributed by atoms with Crippen LogP contribution in [-0.4, -0.2) is 9.78 Å². The average molecular weight is 525 g/mol. The van der Waals surface area contributed by atoms with E-state index in [1.54, 1.807) is 0 Å². The first-order valence-electron chi connectivity index (χ1n) is 14.6. The molecule has 0 aliphatic carbocycles. The molecule has 2 heterocycles. The summed E-state index contributed by atoms with van der Waals surface area (Å²) in [4.78, 5) is 0. The Balaban J connectivity index is 1.83. The van der Waals surface area contributed by atoms with E-state index in [-0.39, 0.29) is 5.54 Å². The number of para-hydroxylation sites is 1. The van der Waals surface area contributed by atoms with Gasteiger partial charge < -0.3 is 0 Å². The first-order chi connectivity index (χ1) is 19.6. The van der Waals surface area contributed by atoms with Gasteiger partial charge in [-0.25, -0.2) is 0 Å². The lowest BCUT2D eigenvalue weighted by Crippen LogP contribution is -2.43. The molecule has 6 rings (SSSR count). The molecule has 0 N–H and O–H groups in total. The van der Waals surface area contributed by atoms with Crippen molar-refractivity contribution in [3.05, 3.63) is 120 Å². The molecule has 1 aliphatic heterocycles. The number of benzene rings is 4. The van der Waals surface area contributed by atoms with Crippen LogP contribution < -0.4 is 4.57 Å². The fourth-order valence-electron chi connectivity index (χ4n) is 6.60. The third-order valence-electron chi connectivity index (χ3n) is 8.78. The second kappa shape index (κ2) is 10.4. The number of hydrogen-bond acceptors (Lipinski definition) is 1. The Kier molecular flexibility index (Phi) is 6.75. The van der Waals surface area contributed by atoms with Gasteiger partial charge in [0.05, 0.1) is 11.1 Å². The maximum absolute atomic E-state index is 5.56. The van der Waals surface area contributed by atoms with Crippen LogP contribution in [0.2, 0.25) is 0 Å². The minimum Gasteiger partial charge on any atom is -0.189 e. The van der Waals surface area contributed by atoms with E-state index in [0.29, 0.717) is 0 Å². The van der Waals surface area contributed by atoms with Gasteiger partial charge in [0, 0.05) is 10.7 Å². The van der Waals surface area contributed by atoms with Crippen LogP contribution in [-0.2, 0) is 12.0 Å². The van der Waals surface area contributed by atoms with Crippen LogP contribution in [0.4, 0.5) is 0 Å². The molecule has 0 saturated heterocycles. The fourth-order valence-corrected chi connectivity index (χ4v) is 6.60. The molecular weight excluding hydrogens is 486 g/mol. The highest BCUT2D eigenvalue weighted by Crippen LogP contribution is 2.48. The van der Waals surface area contributed by atoms with E-state index < -0.39 is 0 Å². The number of rotatable bonds is 7. The van der Waals surface area contributed by atoms with Gasteiger partial charge >= 0.3 is 5.82 Å². The van der Waals surface area contributed by atoms with Gasteiger partial charge in [0.25, 0.3) is 5.82 Å². The van der Waals surface area contributed by atoms with Crippen LogP contribution in [0.15, 0.2) is 104 Å². The van der Waals surface area contributed by atoms with Crippen molar-refractivity contribution < 1.29 is 4.57 Å². The van der Waals surface area contributed by atoms with Gasteiger partial charge in [0.15, 0.2) is 0 Å². The van der Waals surface area contributed by atoms with E-state index in [1.165, 1.54) is 39.1 Å². The number of allylic oxidation sites excluding steroid dienone is 1. The minimum absolute atomic E-state index is 0.307.